The molecule has 22 heavy (non-hydrogen) atoms. The number of thiazole rings is 1. The molecule has 0 saturated carbocycles. The lowest BCUT2D eigenvalue weighted by atomic mass is 10.1. The zero-order chi connectivity index (χ0) is 15.3. The maximum absolute atomic E-state index is 12.3. The molecule has 2 aromatic heterocycles. The standard InChI is InChI=1S/C17H14N2O2S/c1-9-8-21-15(10(9)2)16(20)19-17-18-14-12-6-4-3-5-11(12)7-13(14)22-17/h3-6,8H,7H2,1-2H3,(H,18,19,20). The molecule has 0 atom stereocenters. The third kappa shape index (κ3) is 1.97. The number of amides is 1. The van der Waals surface area contributed by atoms with Crippen LogP contribution in [0.25, 0.3) is 11.3 Å². The Balaban J connectivity index is 1.62. The van der Waals surface area contributed by atoms with Gasteiger partial charge in [-0.1, -0.05) is 24.3 Å². The molecule has 1 amide bonds. The number of aromatic nitrogens is 1. The molecule has 5 heteroatoms. The highest BCUT2D eigenvalue weighted by Gasteiger charge is 2.24. The quantitative estimate of drug-likeness (QED) is 0.604. The normalized spacial score (nSPS) is 12.1. The number of carbonyl (C=O) groups is 1. The van der Waals surface area contributed by atoms with Crippen LogP contribution in [0.1, 0.15) is 32.1 Å². The highest BCUT2D eigenvalue weighted by Crippen LogP contribution is 2.40. The summed E-state index contributed by atoms with van der Waals surface area (Å²) in [4.78, 5) is 18.1. The molecule has 1 N–H and O–H groups in total. The van der Waals surface area contributed by atoms with E-state index in [1.807, 2.05) is 26.0 Å². The molecule has 0 radical (unpaired) electrons. The molecular formula is C17H14N2O2S. The first-order valence-corrected chi connectivity index (χ1v) is 7.89. The fourth-order valence-electron chi connectivity index (χ4n) is 2.69. The van der Waals surface area contributed by atoms with E-state index >= 15 is 0 Å². The average molecular weight is 310 g/mol. The van der Waals surface area contributed by atoms with Crippen molar-refractivity contribution in [2.45, 2.75) is 20.3 Å². The maximum atomic E-state index is 12.3. The molecule has 2 heterocycles. The second-order valence-corrected chi connectivity index (χ2v) is 6.54. The average Bonchev–Trinajstić information content (AvgIpc) is 3.13. The van der Waals surface area contributed by atoms with E-state index in [-0.39, 0.29) is 5.91 Å². The van der Waals surface area contributed by atoms with E-state index < -0.39 is 0 Å². The van der Waals surface area contributed by atoms with E-state index in [9.17, 15) is 4.79 Å². The second kappa shape index (κ2) is 4.81. The number of hydrogen-bond acceptors (Lipinski definition) is 4. The number of furan rings is 1. The molecule has 0 bridgehead atoms. The summed E-state index contributed by atoms with van der Waals surface area (Å²) in [7, 11) is 0. The van der Waals surface area contributed by atoms with Gasteiger partial charge in [-0.25, -0.2) is 4.98 Å². The number of fused-ring (bicyclic) bond motifs is 3. The first kappa shape index (κ1) is 13.3. The maximum Gasteiger partial charge on any atom is 0.293 e. The fraction of sp³-hybridized carbons (Fsp3) is 0.176. The molecule has 0 saturated heterocycles. The van der Waals surface area contributed by atoms with E-state index in [2.05, 4.69) is 22.4 Å². The molecule has 4 rings (SSSR count). The summed E-state index contributed by atoms with van der Waals surface area (Å²) in [5.41, 5.74) is 5.29. The summed E-state index contributed by atoms with van der Waals surface area (Å²) in [5, 5.41) is 3.47. The van der Waals surface area contributed by atoms with Crippen molar-refractivity contribution in [3.8, 4) is 11.3 Å². The van der Waals surface area contributed by atoms with Gasteiger partial charge in [0.2, 0.25) is 0 Å². The number of rotatable bonds is 2. The van der Waals surface area contributed by atoms with Crippen molar-refractivity contribution in [2.24, 2.45) is 0 Å². The van der Waals surface area contributed by atoms with E-state index in [4.69, 9.17) is 4.42 Å². The minimum absolute atomic E-state index is 0.244. The summed E-state index contributed by atoms with van der Waals surface area (Å²) >= 11 is 1.53. The van der Waals surface area contributed by atoms with Crippen molar-refractivity contribution in [3.63, 3.8) is 0 Å². The van der Waals surface area contributed by atoms with Crippen LogP contribution in [0.4, 0.5) is 5.13 Å². The van der Waals surface area contributed by atoms with Gasteiger partial charge in [0.15, 0.2) is 10.9 Å². The van der Waals surface area contributed by atoms with E-state index in [0.29, 0.717) is 10.9 Å². The van der Waals surface area contributed by atoms with Crippen LogP contribution in [-0.2, 0) is 6.42 Å². The Labute approximate surface area is 131 Å². The Bertz CT molecular complexity index is 892. The molecule has 110 valence electrons. The van der Waals surface area contributed by atoms with Crippen LogP contribution in [0.3, 0.4) is 0 Å². The van der Waals surface area contributed by atoms with Crippen molar-refractivity contribution in [1.82, 2.24) is 4.98 Å². The number of nitrogens with zero attached hydrogens (tertiary/aromatic N) is 1. The highest BCUT2D eigenvalue weighted by molar-refractivity contribution is 7.16. The van der Waals surface area contributed by atoms with Gasteiger partial charge in [-0.3, -0.25) is 10.1 Å². The predicted octanol–water partition coefficient (Wildman–Crippen LogP) is 4.18. The molecule has 0 unspecified atom stereocenters. The molecule has 0 spiro atoms. The van der Waals surface area contributed by atoms with Crippen LogP contribution in [-0.4, -0.2) is 10.9 Å². The number of carbonyl (C=O) groups excluding carboxylic acids is 1. The van der Waals surface area contributed by atoms with Gasteiger partial charge in [-0.15, -0.1) is 11.3 Å². The molecule has 1 aromatic carbocycles. The van der Waals surface area contributed by atoms with E-state index in [1.165, 1.54) is 27.3 Å². The monoisotopic (exact) mass is 310 g/mol. The Morgan fingerprint density at radius 3 is 2.91 bits per heavy atom. The van der Waals surface area contributed by atoms with Gasteiger partial charge in [0.05, 0.1) is 12.0 Å². The molecule has 1 aliphatic rings. The highest BCUT2D eigenvalue weighted by atomic mass is 32.1. The summed E-state index contributed by atoms with van der Waals surface area (Å²) in [6.45, 7) is 3.80. The number of nitrogens with one attached hydrogen (secondary N) is 1. The lowest BCUT2D eigenvalue weighted by Crippen LogP contribution is -2.12. The summed E-state index contributed by atoms with van der Waals surface area (Å²) < 4.78 is 5.33. The van der Waals surface area contributed by atoms with Gasteiger partial charge >= 0.3 is 0 Å². The minimum Gasteiger partial charge on any atom is -0.459 e. The van der Waals surface area contributed by atoms with Crippen LogP contribution in [0.5, 0.6) is 0 Å². The van der Waals surface area contributed by atoms with E-state index in [0.717, 1.165) is 23.2 Å². The van der Waals surface area contributed by atoms with Crippen molar-refractivity contribution >= 4 is 22.4 Å². The van der Waals surface area contributed by atoms with Gasteiger partial charge in [-0.2, -0.15) is 0 Å². The first-order valence-electron chi connectivity index (χ1n) is 7.07. The summed E-state index contributed by atoms with van der Waals surface area (Å²) in [6, 6.07) is 8.25. The lowest BCUT2D eigenvalue weighted by Gasteiger charge is -2.01. The van der Waals surface area contributed by atoms with Crippen molar-refractivity contribution in [3.05, 3.63) is 57.9 Å². The molecule has 0 aliphatic heterocycles. The van der Waals surface area contributed by atoms with Crippen LogP contribution in [0.15, 0.2) is 34.9 Å². The van der Waals surface area contributed by atoms with E-state index in [1.54, 1.807) is 6.26 Å². The Morgan fingerprint density at radius 2 is 2.14 bits per heavy atom. The number of aryl methyl sites for hydroxylation is 1. The number of anilines is 1. The minimum atomic E-state index is -0.244. The van der Waals surface area contributed by atoms with Crippen LogP contribution in [0, 0.1) is 13.8 Å². The molecule has 0 fully saturated rings. The molecular weight excluding hydrogens is 296 g/mol. The van der Waals surface area contributed by atoms with Crippen LogP contribution >= 0.6 is 11.3 Å². The van der Waals surface area contributed by atoms with Crippen molar-refractivity contribution in [2.75, 3.05) is 5.32 Å². The predicted molar refractivity (Wildman–Crippen MR) is 86.5 cm³/mol. The SMILES string of the molecule is Cc1coc(C(=O)Nc2nc3c(s2)Cc2ccccc2-3)c1C. The largest absolute Gasteiger partial charge is 0.459 e. The number of benzene rings is 1. The van der Waals surface area contributed by atoms with Gasteiger partial charge < -0.3 is 4.42 Å². The summed E-state index contributed by atoms with van der Waals surface area (Å²) in [6.07, 6.45) is 2.49. The van der Waals surface area contributed by atoms with Crippen molar-refractivity contribution in [1.29, 1.82) is 0 Å². The second-order valence-electron chi connectivity index (χ2n) is 5.45. The topological polar surface area (TPSA) is 55.1 Å². The zero-order valence-corrected chi connectivity index (χ0v) is 13.1. The Kier molecular flexibility index (Phi) is 2.90. The van der Waals surface area contributed by atoms with Crippen LogP contribution in [0.2, 0.25) is 0 Å². The molecule has 1 aliphatic carbocycles. The fourth-order valence-corrected chi connectivity index (χ4v) is 3.69. The Hall–Kier alpha value is -2.40. The number of hydrogen-bond donors (Lipinski definition) is 1. The third-order valence-corrected chi connectivity index (χ3v) is 5.00. The lowest BCUT2D eigenvalue weighted by molar-refractivity contribution is 0.0996. The van der Waals surface area contributed by atoms with Gasteiger partial charge in [-0.05, 0) is 25.0 Å². The van der Waals surface area contributed by atoms with Gasteiger partial charge in [0.25, 0.3) is 5.91 Å². The van der Waals surface area contributed by atoms with Gasteiger partial charge in [0, 0.05) is 22.4 Å². The molecule has 4 nitrogen and oxygen atoms in total. The summed E-state index contributed by atoms with van der Waals surface area (Å²) in [5.74, 6) is 0.111. The van der Waals surface area contributed by atoms with Crippen molar-refractivity contribution < 1.29 is 9.21 Å². The third-order valence-electron chi connectivity index (χ3n) is 4.03. The van der Waals surface area contributed by atoms with Crippen LogP contribution < -0.4 is 5.32 Å². The Morgan fingerprint density at radius 1 is 1.32 bits per heavy atom. The smallest absolute Gasteiger partial charge is 0.293 e. The zero-order valence-electron chi connectivity index (χ0n) is 12.3. The van der Waals surface area contributed by atoms with Gasteiger partial charge in [0.1, 0.15) is 0 Å². The molecule has 3 aromatic rings. The first-order chi connectivity index (χ1) is 10.6.